The Kier molecular flexibility index (Phi) is 5.86. The van der Waals surface area contributed by atoms with Gasteiger partial charge in [-0.2, -0.15) is 15.8 Å². The molecule has 0 aliphatic heterocycles. The Balaban J connectivity index is 3.48. The van der Waals surface area contributed by atoms with E-state index >= 15 is 0 Å². The molecule has 0 aliphatic carbocycles. The largest absolute Gasteiger partial charge is 0.465 e. The van der Waals surface area contributed by atoms with E-state index in [1.54, 1.807) is 18.2 Å². The molecule has 114 valence electrons. The summed E-state index contributed by atoms with van der Waals surface area (Å²) in [6.07, 6.45) is 0. The summed E-state index contributed by atoms with van der Waals surface area (Å²) in [5.41, 5.74) is -0.674. The molecule has 0 heterocycles. The van der Waals surface area contributed by atoms with Crippen LogP contribution in [0, 0.1) is 34.0 Å². The van der Waals surface area contributed by atoms with Crippen molar-refractivity contribution in [3.8, 4) is 18.2 Å². The van der Waals surface area contributed by atoms with E-state index in [0.29, 0.717) is 0 Å². The van der Waals surface area contributed by atoms with Crippen molar-refractivity contribution in [3.63, 3.8) is 0 Å². The number of esters is 2. The lowest BCUT2D eigenvalue weighted by atomic mass is 10.1. The molecule has 1 rings (SSSR count). The molecule has 0 aliphatic rings. The van der Waals surface area contributed by atoms with E-state index in [0.717, 1.165) is 7.11 Å². The second-order valence-corrected chi connectivity index (χ2v) is 3.95. The number of methoxy groups -OCH3 is 2. The van der Waals surface area contributed by atoms with Crippen LogP contribution in [0.4, 0.5) is 5.69 Å². The van der Waals surface area contributed by atoms with Gasteiger partial charge in [0.1, 0.15) is 23.9 Å². The Morgan fingerprint density at radius 2 is 1.61 bits per heavy atom. The number of nitrogens with zero attached hydrogens (tertiary/aromatic N) is 3. The molecule has 0 saturated heterocycles. The average molecular weight is 310 g/mol. The second kappa shape index (κ2) is 7.82. The van der Waals surface area contributed by atoms with Crippen molar-refractivity contribution in [1.82, 2.24) is 0 Å². The van der Waals surface area contributed by atoms with Crippen molar-refractivity contribution >= 4 is 17.6 Å². The molecule has 1 N–H and O–H groups in total. The molecule has 0 aromatic heterocycles. The summed E-state index contributed by atoms with van der Waals surface area (Å²) in [6.45, 7) is 0. The van der Waals surface area contributed by atoms with Gasteiger partial charge in [0.25, 0.3) is 0 Å². The molecule has 8 nitrogen and oxygen atoms in total. The Morgan fingerprint density at radius 3 is 2.09 bits per heavy atom. The van der Waals surface area contributed by atoms with Gasteiger partial charge in [-0.25, -0.2) is 9.59 Å². The topological polar surface area (TPSA) is 136 Å². The first-order valence-corrected chi connectivity index (χ1v) is 6.04. The van der Waals surface area contributed by atoms with Crippen LogP contribution < -0.4 is 5.32 Å². The number of rotatable bonds is 4. The standard InChI is InChI=1S/C15H10N4O4/c1-22-14(20)9-3-4-11(15(21)23-2)12(5-9)19-13(8-18)10(6-16)7-17/h3-5,19H,1-2H3. The van der Waals surface area contributed by atoms with Crippen LogP contribution in [0.5, 0.6) is 0 Å². The second-order valence-electron chi connectivity index (χ2n) is 3.95. The smallest absolute Gasteiger partial charge is 0.339 e. The van der Waals surface area contributed by atoms with E-state index in [1.165, 1.54) is 25.3 Å². The minimum atomic E-state index is -0.725. The van der Waals surface area contributed by atoms with E-state index in [-0.39, 0.29) is 22.5 Å². The van der Waals surface area contributed by atoms with Gasteiger partial charge >= 0.3 is 11.9 Å². The predicted octanol–water partition coefficient (Wildman–Crippen LogP) is 1.50. The van der Waals surface area contributed by atoms with Gasteiger partial charge < -0.3 is 14.8 Å². The predicted molar refractivity (Wildman–Crippen MR) is 76.6 cm³/mol. The third-order valence-corrected chi connectivity index (χ3v) is 2.69. The van der Waals surface area contributed by atoms with Crippen LogP contribution in [-0.4, -0.2) is 26.2 Å². The maximum absolute atomic E-state index is 11.8. The zero-order chi connectivity index (χ0) is 17.4. The van der Waals surface area contributed by atoms with Crippen LogP contribution in [-0.2, 0) is 9.47 Å². The van der Waals surface area contributed by atoms with Crippen LogP contribution in [0.2, 0.25) is 0 Å². The highest BCUT2D eigenvalue weighted by atomic mass is 16.5. The molecule has 0 amide bonds. The first kappa shape index (κ1) is 17.2. The summed E-state index contributed by atoms with van der Waals surface area (Å²) in [5, 5.41) is 29.2. The number of carbonyl (C=O) groups is 2. The van der Waals surface area contributed by atoms with Gasteiger partial charge in [-0.3, -0.25) is 0 Å². The third kappa shape index (κ3) is 3.84. The molecule has 0 saturated carbocycles. The number of benzene rings is 1. The highest BCUT2D eigenvalue weighted by molar-refractivity contribution is 5.99. The van der Waals surface area contributed by atoms with Crippen molar-refractivity contribution in [3.05, 3.63) is 40.6 Å². The van der Waals surface area contributed by atoms with Gasteiger partial charge in [-0.05, 0) is 18.2 Å². The van der Waals surface area contributed by atoms with Gasteiger partial charge in [0.2, 0.25) is 0 Å². The number of hydrogen-bond acceptors (Lipinski definition) is 8. The van der Waals surface area contributed by atoms with Crippen LogP contribution in [0.1, 0.15) is 20.7 Å². The molecule has 1 aromatic carbocycles. The fourth-order valence-corrected chi connectivity index (χ4v) is 1.60. The summed E-state index contributed by atoms with van der Waals surface area (Å²) < 4.78 is 9.18. The van der Waals surface area contributed by atoms with Crippen molar-refractivity contribution < 1.29 is 19.1 Å². The van der Waals surface area contributed by atoms with Crippen molar-refractivity contribution in [2.75, 3.05) is 19.5 Å². The van der Waals surface area contributed by atoms with Gasteiger partial charge in [0.15, 0.2) is 5.57 Å². The highest BCUT2D eigenvalue weighted by Gasteiger charge is 2.17. The van der Waals surface area contributed by atoms with Gasteiger partial charge in [-0.15, -0.1) is 0 Å². The number of carbonyl (C=O) groups excluding carboxylic acids is 2. The van der Waals surface area contributed by atoms with E-state index in [4.69, 9.17) is 15.8 Å². The van der Waals surface area contributed by atoms with Gasteiger partial charge in [-0.1, -0.05) is 0 Å². The van der Waals surface area contributed by atoms with E-state index in [9.17, 15) is 9.59 Å². The molecule has 0 atom stereocenters. The highest BCUT2D eigenvalue weighted by Crippen LogP contribution is 2.22. The van der Waals surface area contributed by atoms with Gasteiger partial charge in [0, 0.05) is 0 Å². The monoisotopic (exact) mass is 310 g/mol. The third-order valence-electron chi connectivity index (χ3n) is 2.69. The zero-order valence-electron chi connectivity index (χ0n) is 12.2. The summed E-state index contributed by atoms with van der Waals surface area (Å²) in [5.74, 6) is -1.38. The maximum atomic E-state index is 11.8. The Labute approximate surface area is 131 Å². The molecule has 0 radical (unpaired) electrons. The maximum Gasteiger partial charge on any atom is 0.339 e. The van der Waals surface area contributed by atoms with Gasteiger partial charge in [0.05, 0.1) is 31.0 Å². The summed E-state index contributed by atoms with van der Waals surface area (Å²) in [4.78, 5) is 23.3. The fourth-order valence-electron chi connectivity index (χ4n) is 1.60. The Bertz CT molecular complexity index is 790. The number of ether oxygens (including phenoxy) is 2. The number of nitrogens with one attached hydrogen (secondary N) is 1. The molecule has 0 fully saturated rings. The van der Waals surface area contributed by atoms with E-state index in [2.05, 4.69) is 14.8 Å². The minimum absolute atomic E-state index is 0.0168. The quantitative estimate of drug-likeness (QED) is 0.652. The lowest BCUT2D eigenvalue weighted by Gasteiger charge is -2.11. The number of anilines is 1. The molecule has 0 bridgehead atoms. The SMILES string of the molecule is COC(=O)c1ccc(C(=O)OC)c(NC(C#N)=C(C#N)C#N)c1. The van der Waals surface area contributed by atoms with E-state index < -0.39 is 17.5 Å². The van der Waals surface area contributed by atoms with E-state index in [1.807, 2.05) is 0 Å². The summed E-state index contributed by atoms with van der Waals surface area (Å²) in [6, 6.07) is 8.67. The molecule has 23 heavy (non-hydrogen) atoms. The van der Waals surface area contributed by atoms with Crippen molar-refractivity contribution in [2.24, 2.45) is 0 Å². The average Bonchev–Trinajstić information content (AvgIpc) is 2.60. The lowest BCUT2D eigenvalue weighted by Crippen LogP contribution is -2.11. The minimum Gasteiger partial charge on any atom is -0.465 e. The Morgan fingerprint density at radius 1 is 1.00 bits per heavy atom. The lowest BCUT2D eigenvalue weighted by molar-refractivity contribution is 0.0587. The fraction of sp³-hybridized carbons (Fsp3) is 0.133. The molecule has 0 unspecified atom stereocenters. The van der Waals surface area contributed by atoms with Crippen LogP contribution in [0.15, 0.2) is 29.5 Å². The zero-order valence-corrected chi connectivity index (χ0v) is 12.2. The molecular formula is C15H10N4O4. The number of nitriles is 3. The normalized spacial score (nSPS) is 8.65. The van der Waals surface area contributed by atoms with Crippen molar-refractivity contribution in [1.29, 1.82) is 15.8 Å². The van der Waals surface area contributed by atoms with Crippen LogP contribution in [0.3, 0.4) is 0 Å². The van der Waals surface area contributed by atoms with Crippen LogP contribution >= 0.6 is 0 Å². The molecule has 0 spiro atoms. The van der Waals surface area contributed by atoms with Crippen LogP contribution in [0.25, 0.3) is 0 Å². The molecule has 8 heteroatoms. The summed E-state index contributed by atoms with van der Waals surface area (Å²) >= 11 is 0. The molecule has 1 aromatic rings. The first-order chi connectivity index (χ1) is 11.0. The number of hydrogen-bond donors (Lipinski definition) is 1. The first-order valence-electron chi connectivity index (χ1n) is 6.04. The Hall–Kier alpha value is -3.83. The molecular weight excluding hydrogens is 300 g/mol. The van der Waals surface area contributed by atoms with Crippen molar-refractivity contribution in [2.45, 2.75) is 0 Å². The summed E-state index contributed by atoms with van der Waals surface area (Å²) in [7, 11) is 2.35. The number of allylic oxidation sites excluding steroid dienone is 2.